The highest BCUT2D eigenvalue weighted by molar-refractivity contribution is 5.67. The first-order valence-electron chi connectivity index (χ1n) is 5.91. The van der Waals surface area contributed by atoms with Gasteiger partial charge in [-0.2, -0.15) is 0 Å². The Balaban J connectivity index is 2.16. The van der Waals surface area contributed by atoms with Crippen LogP contribution in [0.5, 0.6) is 0 Å². The molecule has 0 aromatic carbocycles. The minimum Gasteiger partial charge on any atom is -0.450 e. The van der Waals surface area contributed by atoms with Gasteiger partial charge in [0.05, 0.1) is 6.61 Å². The Hall–Kier alpha value is -0.770. The molecular weight excluding hydrogens is 192 g/mol. The van der Waals surface area contributed by atoms with Crippen molar-refractivity contribution in [2.45, 2.75) is 39.2 Å². The average Bonchev–Trinajstić information content (AvgIpc) is 2.22. The molecule has 1 rings (SSSR count). The van der Waals surface area contributed by atoms with Crippen molar-refractivity contribution in [1.82, 2.24) is 10.2 Å². The third-order valence-corrected chi connectivity index (χ3v) is 2.72. The molecule has 0 aliphatic carbocycles. The number of hydrogen-bond acceptors (Lipinski definition) is 3. The van der Waals surface area contributed by atoms with Gasteiger partial charge in [-0.15, -0.1) is 0 Å². The first-order valence-corrected chi connectivity index (χ1v) is 5.91. The van der Waals surface area contributed by atoms with Gasteiger partial charge in [0.1, 0.15) is 0 Å². The summed E-state index contributed by atoms with van der Waals surface area (Å²) in [6, 6.07) is 0.303. The number of piperidine rings is 1. The number of ether oxygens (including phenoxy) is 1. The topological polar surface area (TPSA) is 41.6 Å². The van der Waals surface area contributed by atoms with Crippen LogP contribution in [-0.4, -0.2) is 43.3 Å². The number of nitrogens with zero attached hydrogens (tertiary/aromatic N) is 1. The number of nitrogens with one attached hydrogen (secondary N) is 1. The van der Waals surface area contributed by atoms with Crippen LogP contribution in [0, 0.1) is 0 Å². The summed E-state index contributed by atoms with van der Waals surface area (Å²) in [5, 5.41) is 2.89. The van der Waals surface area contributed by atoms with E-state index in [1.807, 2.05) is 6.92 Å². The highest BCUT2D eigenvalue weighted by atomic mass is 16.5. The Bertz CT molecular complexity index is 189. The van der Waals surface area contributed by atoms with Gasteiger partial charge in [0.15, 0.2) is 0 Å². The molecule has 4 heteroatoms. The zero-order valence-corrected chi connectivity index (χ0v) is 9.79. The summed E-state index contributed by atoms with van der Waals surface area (Å²) in [7, 11) is 0. The molecule has 0 aromatic rings. The molecule has 0 aromatic heterocycles. The quantitative estimate of drug-likeness (QED) is 0.773. The fourth-order valence-electron chi connectivity index (χ4n) is 1.96. The predicted octanol–water partition coefficient (Wildman–Crippen LogP) is 1.61. The second kappa shape index (κ2) is 6.67. The van der Waals surface area contributed by atoms with E-state index in [2.05, 4.69) is 17.1 Å². The molecule has 4 nitrogen and oxygen atoms in total. The van der Waals surface area contributed by atoms with Crippen LogP contribution in [0.1, 0.15) is 33.1 Å². The van der Waals surface area contributed by atoms with Crippen molar-refractivity contribution in [3.63, 3.8) is 0 Å². The van der Waals surface area contributed by atoms with E-state index in [0.29, 0.717) is 12.6 Å². The summed E-state index contributed by atoms with van der Waals surface area (Å²) in [6.07, 6.45) is 3.01. The molecule has 1 aliphatic rings. The van der Waals surface area contributed by atoms with E-state index < -0.39 is 0 Å². The maximum Gasteiger partial charge on any atom is 0.407 e. The second-order valence-corrected chi connectivity index (χ2v) is 3.98. The van der Waals surface area contributed by atoms with Crippen molar-refractivity contribution in [1.29, 1.82) is 0 Å². The third kappa shape index (κ3) is 4.51. The Morgan fingerprint density at radius 1 is 1.40 bits per heavy atom. The molecule has 0 radical (unpaired) electrons. The Labute approximate surface area is 92.0 Å². The van der Waals surface area contributed by atoms with Crippen LogP contribution in [0.2, 0.25) is 0 Å². The molecule has 1 aliphatic heterocycles. The molecule has 0 bridgehead atoms. The van der Waals surface area contributed by atoms with E-state index in [4.69, 9.17) is 4.74 Å². The van der Waals surface area contributed by atoms with Crippen molar-refractivity contribution in [3.8, 4) is 0 Å². The fraction of sp³-hybridized carbons (Fsp3) is 0.909. The van der Waals surface area contributed by atoms with Crippen LogP contribution in [0.4, 0.5) is 4.79 Å². The average molecular weight is 214 g/mol. The minimum absolute atomic E-state index is 0.272. The molecule has 0 spiro atoms. The maximum absolute atomic E-state index is 11.2. The number of likely N-dealkylation sites (tertiary alicyclic amines) is 1. The van der Waals surface area contributed by atoms with E-state index in [1.165, 1.54) is 13.0 Å². The molecule has 1 fully saturated rings. The summed E-state index contributed by atoms with van der Waals surface area (Å²) in [6.45, 7) is 7.81. The summed E-state index contributed by atoms with van der Waals surface area (Å²) >= 11 is 0. The molecular formula is C11H22N2O2. The van der Waals surface area contributed by atoms with Gasteiger partial charge in [0.25, 0.3) is 0 Å². The molecule has 1 heterocycles. The van der Waals surface area contributed by atoms with Crippen LogP contribution >= 0.6 is 0 Å². The number of amides is 1. The Morgan fingerprint density at radius 3 is 2.60 bits per heavy atom. The van der Waals surface area contributed by atoms with Gasteiger partial charge in [-0.25, -0.2) is 4.79 Å². The van der Waals surface area contributed by atoms with Crippen molar-refractivity contribution >= 4 is 6.09 Å². The largest absolute Gasteiger partial charge is 0.450 e. The van der Waals surface area contributed by atoms with E-state index in [-0.39, 0.29) is 6.09 Å². The van der Waals surface area contributed by atoms with Gasteiger partial charge < -0.3 is 15.0 Å². The number of carbonyl (C=O) groups excluding carboxylic acids is 1. The van der Waals surface area contributed by atoms with Crippen molar-refractivity contribution in [3.05, 3.63) is 0 Å². The van der Waals surface area contributed by atoms with Gasteiger partial charge in [-0.3, -0.25) is 0 Å². The normalized spacial score (nSPS) is 18.8. The minimum atomic E-state index is -0.272. The zero-order valence-electron chi connectivity index (χ0n) is 9.79. The van der Waals surface area contributed by atoms with Crippen LogP contribution in [-0.2, 0) is 4.74 Å². The van der Waals surface area contributed by atoms with Gasteiger partial charge in [0, 0.05) is 19.1 Å². The van der Waals surface area contributed by atoms with Crippen LogP contribution in [0.3, 0.4) is 0 Å². The lowest BCUT2D eigenvalue weighted by Gasteiger charge is -2.31. The summed E-state index contributed by atoms with van der Waals surface area (Å²) in [4.78, 5) is 13.6. The second-order valence-electron chi connectivity index (χ2n) is 3.98. The number of carbonyl (C=O) groups is 1. The van der Waals surface area contributed by atoms with Crippen molar-refractivity contribution < 1.29 is 9.53 Å². The van der Waals surface area contributed by atoms with Crippen LogP contribution in [0.15, 0.2) is 0 Å². The Morgan fingerprint density at radius 2 is 2.07 bits per heavy atom. The number of rotatable bonds is 4. The molecule has 0 unspecified atom stereocenters. The summed E-state index contributed by atoms with van der Waals surface area (Å²) in [5.41, 5.74) is 0. The summed E-state index contributed by atoms with van der Waals surface area (Å²) < 4.78 is 4.86. The lowest BCUT2D eigenvalue weighted by Crippen LogP contribution is -2.44. The smallest absolute Gasteiger partial charge is 0.407 e. The standard InChI is InChI=1S/C11H22N2O2/c1-3-7-13-8-5-10(6-9-13)12-11(14)15-4-2/h10H,3-9H2,1-2H3,(H,12,14). The van der Waals surface area contributed by atoms with E-state index >= 15 is 0 Å². The molecule has 1 N–H and O–H groups in total. The molecule has 15 heavy (non-hydrogen) atoms. The lowest BCUT2D eigenvalue weighted by atomic mass is 10.1. The van der Waals surface area contributed by atoms with Gasteiger partial charge in [-0.1, -0.05) is 6.92 Å². The predicted molar refractivity (Wildman–Crippen MR) is 59.9 cm³/mol. The van der Waals surface area contributed by atoms with Crippen molar-refractivity contribution in [2.75, 3.05) is 26.2 Å². The van der Waals surface area contributed by atoms with E-state index in [1.54, 1.807) is 0 Å². The monoisotopic (exact) mass is 214 g/mol. The molecule has 1 amide bonds. The Kier molecular flexibility index (Phi) is 5.47. The molecule has 0 atom stereocenters. The fourth-order valence-corrected chi connectivity index (χ4v) is 1.96. The van der Waals surface area contributed by atoms with Gasteiger partial charge in [-0.05, 0) is 32.7 Å². The lowest BCUT2D eigenvalue weighted by molar-refractivity contribution is 0.137. The van der Waals surface area contributed by atoms with Crippen LogP contribution < -0.4 is 5.32 Å². The van der Waals surface area contributed by atoms with Crippen molar-refractivity contribution in [2.24, 2.45) is 0 Å². The summed E-state index contributed by atoms with van der Waals surface area (Å²) in [5.74, 6) is 0. The van der Waals surface area contributed by atoms with E-state index in [0.717, 1.165) is 25.9 Å². The van der Waals surface area contributed by atoms with Crippen LogP contribution in [0.25, 0.3) is 0 Å². The first-order chi connectivity index (χ1) is 7.26. The highest BCUT2D eigenvalue weighted by Gasteiger charge is 2.20. The third-order valence-electron chi connectivity index (χ3n) is 2.72. The maximum atomic E-state index is 11.2. The molecule has 0 saturated carbocycles. The first kappa shape index (κ1) is 12.3. The van der Waals surface area contributed by atoms with Gasteiger partial charge in [0.2, 0.25) is 0 Å². The van der Waals surface area contributed by atoms with Gasteiger partial charge >= 0.3 is 6.09 Å². The molecule has 1 saturated heterocycles. The van der Waals surface area contributed by atoms with E-state index in [9.17, 15) is 4.79 Å². The SMILES string of the molecule is CCCN1CCC(NC(=O)OCC)CC1. The number of hydrogen-bond donors (Lipinski definition) is 1. The molecule has 88 valence electrons. The zero-order chi connectivity index (χ0) is 11.1. The highest BCUT2D eigenvalue weighted by Crippen LogP contribution is 2.10. The number of alkyl carbamates (subject to hydrolysis) is 1.